The van der Waals surface area contributed by atoms with Gasteiger partial charge in [-0.25, -0.2) is 0 Å². The summed E-state index contributed by atoms with van der Waals surface area (Å²) >= 11 is 0. The summed E-state index contributed by atoms with van der Waals surface area (Å²) in [6.45, 7) is 0. The number of ketones is 2. The maximum absolute atomic E-state index is 12.1. The van der Waals surface area contributed by atoms with E-state index in [2.05, 4.69) is 0 Å². The van der Waals surface area contributed by atoms with E-state index in [4.69, 9.17) is 9.47 Å². The molecule has 0 aromatic rings. The van der Waals surface area contributed by atoms with E-state index in [-0.39, 0.29) is 43.7 Å². The van der Waals surface area contributed by atoms with Crippen LogP contribution in [0.3, 0.4) is 0 Å². The van der Waals surface area contributed by atoms with Gasteiger partial charge in [-0.3, -0.25) is 19.2 Å². The van der Waals surface area contributed by atoms with Crippen molar-refractivity contribution < 1.29 is 28.7 Å². The molecular formula is C13H16O6. The predicted octanol–water partition coefficient (Wildman–Crippen LogP) is 0.421. The van der Waals surface area contributed by atoms with Crippen LogP contribution in [0.1, 0.15) is 32.1 Å². The van der Waals surface area contributed by atoms with Crippen molar-refractivity contribution in [2.45, 2.75) is 32.1 Å². The largest absolute Gasteiger partial charge is 0.468 e. The number of rotatable bonds is 2. The van der Waals surface area contributed by atoms with Crippen molar-refractivity contribution in [1.82, 2.24) is 0 Å². The smallest absolute Gasteiger partial charge is 0.319 e. The molecular weight excluding hydrogens is 252 g/mol. The fraction of sp³-hybridized carbons (Fsp3) is 0.692. The monoisotopic (exact) mass is 268 g/mol. The molecule has 2 atom stereocenters. The molecule has 6 nitrogen and oxygen atoms in total. The molecule has 0 heterocycles. The highest BCUT2D eigenvalue weighted by molar-refractivity contribution is 6.13. The first-order valence-corrected chi connectivity index (χ1v) is 6.16. The zero-order chi connectivity index (χ0) is 14.3. The van der Waals surface area contributed by atoms with E-state index in [1.165, 1.54) is 14.2 Å². The highest BCUT2D eigenvalue weighted by Crippen LogP contribution is 2.53. The van der Waals surface area contributed by atoms with Crippen LogP contribution in [0.15, 0.2) is 0 Å². The molecule has 19 heavy (non-hydrogen) atoms. The van der Waals surface area contributed by atoms with Crippen LogP contribution >= 0.6 is 0 Å². The Morgan fingerprint density at radius 2 is 1.26 bits per heavy atom. The molecule has 0 aromatic carbocycles. The van der Waals surface area contributed by atoms with Gasteiger partial charge in [0, 0.05) is 12.8 Å². The van der Waals surface area contributed by atoms with Gasteiger partial charge in [0.2, 0.25) is 0 Å². The van der Waals surface area contributed by atoms with Gasteiger partial charge in [-0.2, -0.15) is 0 Å². The number of fused-ring (bicyclic) bond motifs is 2. The lowest BCUT2D eigenvalue weighted by Gasteiger charge is -2.46. The van der Waals surface area contributed by atoms with Crippen LogP contribution in [0.25, 0.3) is 0 Å². The molecule has 0 spiro atoms. The van der Waals surface area contributed by atoms with Crippen molar-refractivity contribution >= 4 is 23.5 Å². The first kappa shape index (κ1) is 13.7. The van der Waals surface area contributed by atoms with Crippen LogP contribution in [0.5, 0.6) is 0 Å². The molecule has 6 heteroatoms. The number of hydrogen-bond acceptors (Lipinski definition) is 6. The molecule has 2 bridgehead atoms. The van der Waals surface area contributed by atoms with Gasteiger partial charge in [0.05, 0.1) is 14.2 Å². The molecule has 104 valence electrons. The van der Waals surface area contributed by atoms with E-state index in [9.17, 15) is 19.2 Å². The van der Waals surface area contributed by atoms with Crippen LogP contribution in [0.2, 0.25) is 0 Å². The Bertz CT molecular complexity index is 406. The SMILES string of the molecule is COC(=O)C12CCC(=O)[C@](C(=O)OC)(CCC1=O)C2. The minimum absolute atomic E-state index is 0.0237. The fourth-order valence-electron chi connectivity index (χ4n) is 3.27. The Morgan fingerprint density at radius 3 is 1.58 bits per heavy atom. The molecule has 2 saturated carbocycles. The predicted molar refractivity (Wildman–Crippen MR) is 62.0 cm³/mol. The van der Waals surface area contributed by atoms with Crippen molar-refractivity contribution in [3.05, 3.63) is 0 Å². The average molecular weight is 268 g/mol. The molecule has 2 fully saturated rings. The van der Waals surface area contributed by atoms with Crippen LogP contribution in [0, 0.1) is 10.8 Å². The Morgan fingerprint density at radius 1 is 0.895 bits per heavy atom. The van der Waals surface area contributed by atoms with Crippen molar-refractivity contribution in [3.8, 4) is 0 Å². The zero-order valence-electron chi connectivity index (χ0n) is 11.0. The first-order valence-electron chi connectivity index (χ1n) is 6.16. The molecule has 0 aliphatic heterocycles. The summed E-state index contributed by atoms with van der Waals surface area (Å²) in [6.07, 6.45) is 0.176. The second-order valence-corrected chi connectivity index (χ2v) is 5.17. The quantitative estimate of drug-likeness (QED) is 0.533. The number of carbonyl (C=O) groups excluding carboxylic acids is 4. The minimum atomic E-state index is -1.35. The van der Waals surface area contributed by atoms with Crippen molar-refractivity contribution in [2.75, 3.05) is 14.2 Å². The summed E-state index contributed by atoms with van der Waals surface area (Å²) in [7, 11) is 2.41. The lowest BCUT2D eigenvalue weighted by atomic mass is 9.53. The van der Waals surface area contributed by atoms with Crippen molar-refractivity contribution in [1.29, 1.82) is 0 Å². The molecule has 0 N–H and O–H groups in total. The van der Waals surface area contributed by atoms with Crippen LogP contribution < -0.4 is 0 Å². The Kier molecular flexibility index (Phi) is 3.20. The number of ether oxygens (including phenoxy) is 2. The Labute approximate surface area is 110 Å². The first-order chi connectivity index (χ1) is 8.93. The Balaban J connectivity index is 2.48. The Hall–Kier alpha value is -1.72. The van der Waals surface area contributed by atoms with Gasteiger partial charge in [0.25, 0.3) is 0 Å². The lowest BCUT2D eigenvalue weighted by Crippen LogP contribution is -2.58. The van der Waals surface area contributed by atoms with Gasteiger partial charge >= 0.3 is 11.9 Å². The normalized spacial score (nSPS) is 33.8. The van der Waals surface area contributed by atoms with E-state index in [0.717, 1.165) is 0 Å². The average Bonchev–Trinajstić information content (AvgIpc) is 2.44. The summed E-state index contributed by atoms with van der Waals surface area (Å²) in [5.74, 6) is -1.80. The molecule has 0 saturated heterocycles. The van der Waals surface area contributed by atoms with E-state index in [0.29, 0.717) is 0 Å². The summed E-state index contributed by atoms with van der Waals surface area (Å²) in [6, 6.07) is 0. The molecule has 2 aliphatic carbocycles. The molecule has 0 amide bonds. The molecule has 1 unspecified atom stereocenters. The third kappa shape index (κ3) is 1.69. The van der Waals surface area contributed by atoms with Crippen LogP contribution in [0.4, 0.5) is 0 Å². The van der Waals surface area contributed by atoms with E-state index < -0.39 is 22.8 Å². The second kappa shape index (κ2) is 4.43. The lowest BCUT2D eigenvalue weighted by molar-refractivity contribution is -0.177. The topological polar surface area (TPSA) is 86.7 Å². The van der Waals surface area contributed by atoms with Crippen molar-refractivity contribution in [2.24, 2.45) is 10.8 Å². The molecule has 0 radical (unpaired) electrons. The number of esters is 2. The third-order valence-corrected chi connectivity index (χ3v) is 4.38. The molecule has 2 aliphatic rings. The van der Waals surface area contributed by atoms with Gasteiger partial charge < -0.3 is 9.47 Å². The third-order valence-electron chi connectivity index (χ3n) is 4.38. The van der Waals surface area contributed by atoms with E-state index >= 15 is 0 Å². The minimum Gasteiger partial charge on any atom is -0.468 e. The van der Waals surface area contributed by atoms with Gasteiger partial charge in [0.15, 0.2) is 0 Å². The summed E-state index contributed by atoms with van der Waals surface area (Å²) in [4.78, 5) is 48.2. The highest BCUT2D eigenvalue weighted by atomic mass is 16.5. The maximum Gasteiger partial charge on any atom is 0.319 e. The molecule has 2 rings (SSSR count). The summed E-state index contributed by atoms with van der Waals surface area (Å²) < 4.78 is 9.41. The van der Waals surface area contributed by atoms with E-state index in [1.54, 1.807) is 0 Å². The number of carbonyl (C=O) groups is 4. The second-order valence-electron chi connectivity index (χ2n) is 5.17. The maximum atomic E-state index is 12.1. The van der Waals surface area contributed by atoms with Crippen LogP contribution in [-0.2, 0) is 28.7 Å². The number of hydrogen-bond donors (Lipinski definition) is 0. The highest BCUT2D eigenvalue weighted by Gasteiger charge is 2.64. The number of methoxy groups -OCH3 is 2. The van der Waals surface area contributed by atoms with Gasteiger partial charge in [-0.15, -0.1) is 0 Å². The van der Waals surface area contributed by atoms with Gasteiger partial charge in [-0.1, -0.05) is 0 Å². The van der Waals surface area contributed by atoms with Crippen molar-refractivity contribution in [3.63, 3.8) is 0 Å². The van der Waals surface area contributed by atoms with Gasteiger partial charge in [-0.05, 0) is 19.3 Å². The van der Waals surface area contributed by atoms with Crippen LogP contribution in [-0.4, -0.2) is 37.7 Å². The molecule has 0 aromatic heterocycles. The number of Topliss-reactive ketones (excluding diaryl/α,β-unsaturated/α-hetero) is 2. The summed E-state index contributed by atoms with van der Waals surface area (Å²) in [5, 5.41) is 0. The summed E-state index contributed by atoms with van der Waals surface area (Å²) in [5.41, 5.74) is -2.70. The fourth-order valence-corrected chi connectivity index (χ4v) is 3.27. The standard InChI is InChI=1S/C13H16O6/c1-18-10(16)12-5-3-9(15)13(7-12,11(17)19-2)6-4-8(12)14/h3-7H2,1-2H3/t12-,13?/m0/s1. The zero-order valence-corrected chi connectivity index (χ0v) is 11.0. The van der Waals surface area contributed by atoms with E-state index in [1.807, 2.05) is 0 Å². The van der Waals surface area contributed by atoms with Gasteiger partial charge in [0.1, 0.15) is 22.4 Å².